The first kappa shape index (κ1) is 30.7. The molecule has 0 heterocycles. The molecule has 4 rings (SSSR count). The van der Waals surface area contributed by atoms with Crippen LogP contribution in [0, 0.1) is 12.7 Å². The van der Waals surface area contributed by atoms with Crippen LogP contribution in [0.5, 0.6) is 0 Å². The summed E-state index contributed by atoms with van der Waals surface area (Å²) in [4.78, 5) is 28.6. The van der Waals surface area contributed by atoms with Gasteiger partial charge < -0.3 is 10.2 Å². The lowest BCUT2D eigenvalue weighted by Crippen LogP contribution is -2.53. The van der Waals surface area contributed by atoms with Gasteiger partial charge in [-0.3, -0.25) is 13.9 Å². The number of anilines is 1. The van der Waals surface area contributed by atoms with Crippen molar-refractivity contribution in [3.8, 4) is 0 Å². The third kappa shape index (κ3) is 7.35. The fourth-order valence-electron chi connectivity index (χ4n) is 4.53. The fourth-order valence-corrected chi connectivity index (χ4v) is 6.12. The van der Waals surface area contributed by atoms with Crippen molar-refractivity contribution < 1.29 is 22.4 Å². The topological polar surface area (TPSA) is 86.8 Å². The highest BCUT2D eigenvalue weighted by molar-refractivity contribution is 7.92. The highest BCUT2D eigenvalue weighted by Gasteiger charge is 2.34. The van der Waals surface area contributed by atoms with Gasteiger partial charge in [-0.05, 0) is 48.9 Å². The lowest BCUT2D eigenvalue weighted by Gasteiger charge is -2.33. The standard InChI is InChI=1S/C32H31ClFN3O4S/c1-23-15-17-28(18-16-23)42(40,41)37(27-13-8-12-26(33)20-27)22-31(38)36(21-25-11-6-7-14-29(25)34)30(32(39)35-2)19-24-9-4-3-5-10-24/h3-18,20,30H,19,21-22H2,1-2H3,(H,35,39)/t30-/m0/s1. The van der Waals surface area contributed by atoms with Gasteiger partial charge in [0.05, 0.1) is 10.6 Å². The van der Waals surface area contributed by atoms with Crippen molar-refractivity contribution in [2.24, 2.45) is 0 Å². The molecule has 1 N–H and O–H groups in total. The van der Waals surface area contributed by atoms with Crippen LogP contribution < -0.4 is 9.62 Å². The quantitative estimate of drug-likeness (QED) is 0.248. The number of hydrogen-bond donors (Lipinski definition) is 1. The highest BCUT2D eigenvalue weighted by atomic mass is 35.5. The molecular formula is C32H31ClFN3O4S. The van der Waals surface area contributed by atoms with Crippen LogP contribution in [-0.2, 0) is 32.6 Å². The van der Waals surface area contributed by atoms with Gasteiger partial charge in [0, 0.05) is 30.6 Å². The van der Waals surface area contributed by atoms with Crippen molar-refractivity contribution in [2.45, 2.75) is 30.8 Å². The van der Waals surface area contributed by atoms with Crippen LogP contribution in [0.25, 0.3) is 0 Å². The molecule has 0 fully saturated rings. The number of hydrogen-bond acceptors (Lipinski definition) is 4. The van der Waals surface area contributed by atoms with Gasteiger partial charge in [-0.2, -0.15) is 0 Å². The van der Waals surface area contributed by atoms with E-state index < -0.39 is 40.2 Å². The molecule has 4 aromatic carbocycles. The first-order valence-corrected chi connectivity index (χ1v) is 15.1. The van der Waals surface area contributed by atoms with Gasteiger partial charge in [0.15, 0.2) is 0 Å². The number of nitrogens with one attached hydrogen (secondary N) is 1. The van der Waals surface area contributed by atoms with E-state index in [2.05, 4.69) is 5.32 Å². The molecule has 2 amide bonds. The monoisotopic (exact) mass is 607 g/mol. The maximum absolute atomic E-state index is 14.8. The van der Waals surface area contributed by atoms with E-state index in [4.69, 9.17) is 11.6 Å². The number of carbonyl (C=O) groups is 2. The van der Waals surface area contributed by atoms with Crippen molar-refractivity contribution in [1.82, 2.24) is 10.2 Å². The van der Waals surface area contributed by atoms with Crippen LogP contribution in [-0.4, -0.2) is 44.8 Å². The molecule has 0 saturated heterocycles. The third-order valence-corrected chi connectivity index (χ3v) is 8.82. The molecule has 0 saturated carbocycles. The molecule has 0 aliphatic rings. The number of likely N-dealkylation sites (N-methyl/N-ethyl adjacent to an activating group) is 1. The molecule has 1 atom stereocenters. The summed E-state index contributed by atoms with van der Waals surface area (Å²) < 4.78 is 43.7. The van der Waals surface area contributed by atoms with Gasteiger partial charge in [-0.1, -0.05) is 83.9 Å². The molecule has 10 heteroatoms. The number of sulfonamides is 1. The maximum atomic E-state index is 14.8. The Hall–Kier alpha value is -4.21. The summed E-state index contributed by atoms with van der Waals surface area (Å²) in [6, 6.07) is 26.4. The summed E-state index contributed by atoms with van der Waals surface area (Å²) >= 11 is 6.22. The molecule has 218 valence electrons. The molecule has 0 radical (unpaired) electrons. The minimum Gasteiger partial charge on any atom is -0.357 e. The number of rotatable bonds is 11. The second-order valence-electron chi connectivity index (χ2n) is 9.74. The predicted octanol–water partition coefficient (Wildman–Crippen LogP) is 5.37. The number of carbonyl (C=O) groups excluding carboxylic acids is 2. The van der Waals surface area contributed by atoms with Crippen molar-refractivity contribution in [3.05, 3.63) is 131 Å². The van der Waals surface area contributed by atoms with E-state index in [0.717, 1.165) is 15.4 Å². The zero-order valence-electron chi connectivity index (χ0n) is 23.2. The number of amides is 2. The first-order valence-electron chi connectivity index (χ1n) is 13.2. The Morgan fingerprint density at radius 3 is 2.21 bits per heavy atom. The Labute approximate surface area is 250 Å². The maximum Gasteiger partial charge on any atom is 0.264 e. The molecule has 42 heavy (non-hydrogen) atoms. The van der Waals surface area contributed by atoms with Gasteiger partial charge in [-0.25, -0.2) is 12.8 Å². The number of halogens is 2. The first-order chi connectivity index (χ1) is 20.1. The van der Waals surface area contributed by atoms with Crippen molar-refractivity contribution >= 4 is 39.1 Å². The van der Waals surface area contributed by atoms with E-state index in [1.165, 1.54) is 54.4 Å². The number of nitrogens with zero attached hydrogens (tertiary/aromatic N) is 2. The van der Waals surface area contributed by atoms with Crippen LogP contribution in [0.4, 0.5) is 10.1 Å². The Bertz CT molecular complexity index is 1650. The predicted molar refractivity (Wildman–Crippen MR) is 162 cm³/mol. The summed E-state index contributed by atoms with van der Waals surface area (Å²) in [7, 11) is -2.80. The van der Waals surface area contributed by atoms with Crippen molar-refractivity contribution in [1.29, 1.82) is 0 Å². The van der Waals surface area contributed by atoms with Gasteiger partial charge >= 0.3 is 0 Å². The molecular weight excluding hydrogens is 577 g/mol. The summed E-state index contributed by atoms with van der Waals surface area (Å²) in [6.07, 6.45) is 0.128. The molecule has 0 aliphatic heterocycles. The van der Waals surface area contributed by atoms with Crippen LogP contribution in [0.1, 0.15) is 16.7 Å². The Morgan fingerprint density at radius 2 is 1.57 bits per heavy atom. The summed E-state index contributed by atoms with van der Waals surface area (Å²) in [5.41, 5.74) is 1.99. The van der Waals surface area contributed by atoms with E-state index in [-0.39, 0.29) is 34.1 Å². The highest BCUT2D eigenvalue weighted by Crippen LogP contribution is 2.27. The van der Waals surface area contributed by atoms with Crippen molar-refractivity contribution in [2.75, 3.05) is 17.9 Å². The van der Waals surface area contributed by atoms with Gasteiger partial charge in [0.2, 0.25) is 11.8 Å². The van der Waals surface area contributed by atoms with Crippen LogP contribution in [0.3, 0.4) is 0 Å². The minimum atomic E-state index is -4.26. The van der Waals surface area contributed by atoms with Gasteiger partial charge in [-0.15, -0.1) is 0 Å². The number of aryl methyl sites for hydroxylation is 1. The normalized spacial score (nSPS) is 11.9. The number of benzene rings is 4. The van der Waals surface area contributed by atoms with E-state index in [0.29, 0.717) is 0 Å². The van der Waals surface area contributed by atoms with E-state index in [1.54, 1.807) is 30.3 Å². The molecule has 0 spiro atoms. The lowest BCUT2D eigenvalue weighted by molar-refractivity contribution is -0.139. The zero-order chi connectivity index (χ0) is 30.3. The van der Waals surface area contributed by atoms with Crippen LogP contribution >= 0.6 is 11.6 Å². The molecule has 0 aliphatic carbocycles. The molecule has 0 aromatic heterocycles. The Kier molecular flexibility index (Phi) is 9.98. The van der Waals surface area contributed by atoms with Crippen LogP contribution in [0.2, 0.25) is 5.02 Å². The zero-order valence-corrected chi connectivity index (χ0v) is 24.8. The Balaban J connectivity index is 1.80. The second kappa shape index (κ2) is 13.6. The molecule has 4 aromatic rings. The summed E-state index contributed by atoms with van der Waals surface area (Å²) in [5.74, 6) is -1.72. The molecule has 7 nitrogen and oxygen atoms in total. The van der Waals surface area contributed by atoms with Gasteiger partial charge in [0.1, 0.15) is 18.4 Å². The SMILES string of the molecule is CNC(=O)[C@H](Cc1ccccc1)N(Cc1ccccc1F)C(=O)CN(c1cccc(Cl)c1)S(=O)(=O)c1ccc(C)cc1. The van der Waals surface area contributed by atoms with E-state index in [1.807, 2.05) is 37.3 Å². The largest absolute Gasteiger partial charge is 0.357 e. The second-order valence-corrected chi connectivity index (χ2v) is 12.0. The van der Waals surface area contributed by atoms with E-state index in [9.17, 15) is 22.4 Å². The molecule has 0 unspecified atom stereocenters. The summed E-state index contributed by atoms with van der Waals surface area (Å²) in [5, 5.41) is 2.88. The third-order valence-electron chi connectivity index (χ3n) is 6.80. The van der Waals surface area contributed by atoms with Gasteiger partial charge in [0.25, 0.3) is 10.0 Å². The average molecular weight is 608 g/mol. The molecule has 0 bridgehead atoms. The van der Waals surface area contributed by atoms with Crippen molar-refractivity contribution in [3.63, 3.8) is 0 Å². The summed E-state index contributed by atoms with van der Waals surface area (Å²) in [6.45, 7) is 0.915. The average Bonchev–Trinajstić information content (AvgIpc) is 2.98. The smallest absolute Gasteiger partial charge is 0.264 e. The van der Waals surface area contributed by atoms with E-state index >= 15 is 0 Å². The fraction of sp³-hybridized carbons (Fsp3) is 0.188. The van der Waals surface area contributed by atoms with Crippen LogP contribution in [0.15, 0.2) is 108 Å². The Morgan fingerprint density at radius 1 is 0.905 bits per heavy atom. The minimum absolute atomic E-state index is 0.0198. The lowest BCUT2D eigenvalue weighted by atomic mass is 10.0.